The van der Waals surface area contributed by atoms with Crippen molar-refractivity contribution in [3.63, 3.8) is 0 Å². The first-order chi connectivity index (χ1) is 13.5. The number of nitrogens with zero attached hydrogens (tertiary/aromatic N) is 4. The predicted molar refractivity (Wildman–Crippen MR) is 101 cm³/mol. The molecule has 1 amide bonds. The average molecular weight is 445 g/mol. The highest BCUT2D eigenvalue weighted by atomic mass is 35.5. The van der Waals surface area contributed by atoms with Gasteiger partial charge in [0.15, 0.2) is 11.6 Å². The number of hydrogen-bond donors (Lipinski definition) is 2. The van der Waals surface area contributed by atoms with Crippen LogP contribution >= 0.6 is 23.2 Å². The molecule has 2 aromatic heterocycles. The first-order valence-electron chi connectivity index (χ1n) is 8.07. The lowest BCUT2D eigenvalue weighted by molar-refractivity contribution is -0.137. The first kappa shape index (κ1) is 20.9. The van der Waals surface area contributed by atoms with E-state index in [0.29, 0.717) is 16.9 Å². The summed E-state index contributed by atoms with van der Waals surface area (Å²) in [6, 6.07) is 4.98. The topological polar surface area (TPSA) is 98.7 Å². The molecule has 0 spiro atoms. The Balaban J connectivity index is 1.88. The van der Waals surface area contributed by atoms with Crippen LogP contribution in [0.5, 0.6) is 0 Å². The Morgan fingerprint density at radius 3 is 2.55 bits per heavy atom. The highest BCUT2D eigenvalue weighted by Gasteiger charge is 2.32. The zero-order chi connectivity index (χ0) is 21.3. The van der Waals surface area contributed by atoms with Crippen LogP contribution < -0.4 is 11.1 Å². The number of amides is 1. The van der Waals surface area contributed by atoms with E-state index in [2.05, 4.69) is 20.4 Å². The van der Waals surface area contributed by atoms with Gasteiger partial charge in [0.2, 0.25) is 5.95 Å². The van der Waals surface area contributed by atoms with E-state index in [-0.39, 0.29) is 22.4 Å². The Labute approximate surface area is 172 Å². The number of alkyl halides is 3. The van der Waals surface area contributed by atoms with E-state index in [0.717, 1.165) is 12.1 Å². The molecule has 3 rings (SSSR count). The number of hydrogen-bond acceptors (Lipinski definition) is 5. The Bertz CT molecular complexity index is 1050. The van der Waals surface area contributed by atoms with Crippen LogP contribution in [-0.4, -0.2) is 25.7 Å². The van der Waals surface area contributed by atoms with Crippen molar-refractivity contribution < 1.29 is 18.0 Å². The molecule has 29 heavy (non-hydrogen) atoms. The van der Waals surface area contributed by atoms with Gasteiger partial charge in [0, 0.05) is 16.8 Å². The van der Waals surface area contributed by atoms with Gasteiger partial charge in [-0.15, -0.1) is 5.10 Å². The molecule has 2 heterocycles. The van der Waals surface area contributed by atoms with Crippen molar-refractivity contribution in [2.24, 2.45) is 0 Å². The maximum atomic E-state index is 13.0. The fourth-order valence-corrected chi connectivity index (χ4v) is 2.86. The number of benzene rings is 1. The van der Waals surface area contributed by atoms with Crippen molar-refractivity contribution in [2.45, 2.75) is 19.1 Å². The number of anilines is 1. The van der Waals surface area contributed by atoms with Crippen LogP contribution in [0.1, 0.15) is 34.7 Å². The third-order valence-corrected chi connectivity index (χ3v) is 4.24. The lowest BCUT2D eigenvalue weighted by Crippen LogP contribution is -2.29. The molecule has 0 radical (unpaired) electrons. The summed E-state index contributed by atoms with van der Waals surface area (Å²) in [6.45, 7) is 1.57. The Morgan fingerprint density at radius 2 is 1.93 bits per heavy atom. The minimum Gasteiger partial charge on any atom is -0.366 e. The van der Waals surface area contributed by atoms with Gasteiger partial charge in [0.05, 0.1) is 16.6 Å². The summed E-state index contributed by atoms with van der Waals surface area (Å²) < 4.78 is 40.2. The molecule has 0 aliphatic rings. The molecule has 0 saturated carbocycles. The molecule has 0 saturated heterocycles. The third kappa shape index (κ3) is 4.77. The highest BCUT2D eigenvalue weighted by molar-refractivity contribution is 6.31. The third-order valence-electron chi connectivity index (χ3n) is 3.80. The van der Waals surface area contributed by atoms with Crippen molar-refractivity contribution in [3.05, 3.63) is 63.5 Å². The molecule has 152 valence electrons. The number of pyridine rings is 1. The Morgan fingerprint density at radius 1 is 1.21 bits per heavy atom. The predicted octanol–water partition coefficient (Wildman–Crippen LogP) is 4.06. The SMILES string of the molecule is C[C@@H](NC(=O)c1cc(Cl)cc(C(F)(F)F)c1)c1nc(N)nn1-c1ccc(Cl)cn1. The van der Waals surface area contributed by atoms with Gasteiger partial charge in [-0.25, -0.2) is 4.98 Å². The van der Waals surface area contributed by atoms with Crippen LogP contribution in [0, 0.1) is 0 Å². The fourth-order valence-electron chi connectivity index (χ4n) is 2.51. The molecule has 0 bridgehead atoms. The average Bonchev–Trinajstić information content (AvgIpc) is 3.03. The molecule has 1 aromatic carbocycles. The monoisotopic (exact) mass is 444 g/mol. The zero-order valence-corrected chi connectivity index (χ0v) is 16.2. The minimum atomic E-state index is -4.64. The second-order valence-electron chi connectivity index (χ2n) is 6.00. The lowest BCUT2D eigenvalue weighted by Gasteiger charge is -2.15. The van der Waals surface area contributed by atoms with Gasteiger partial charge < -0.3 is 11.1 Å². The highest BCUT2D eigenvalue weighted by Crippen LogP contribution is 2.32. The van der Waals surface area contributed by atoms with E-state index >= 15 is 0 Å². The molecule has 12 heteroatoms. The largest absolute Gasteiger partial charge is 0.416 e. The Kier molecular flexibility index (Phi) is 5.67. The zero-order valence-electron chi connectivity index (χ0n) is 14.7. The second kappa shape index (κ2) is 7.88. The van der Waals surface area contributed by atoms with Crippen molar-refractivity contribution in [1.82, 2.24) is 25.1 Å². The van der Waals surface area contributed by atoms with E-state index in [1.54, 1.807) is 19.1 Å². The van der Waals surface area contributed by atoms with Crippen LogP contribution in [0.2, 0.25) is 10.0 Å². The molecule has 0 unspecified atom stereocenters. The van der Waals surface area contributed by atoms with E-state index < -0.39 is 23.7 Å². The minimum absolute atomic E-state index is 0.0695. The summed E-state index contributed by atoms with van der Waals surface area (Å²) in [6.07, 6.45) is -3.24. The van der Waals surface area contributed by atoms with Crippen LogP contribution in [-0.2, 0) is 6.18 Å². The van der Waals surface area contributed by atoms with Gasteiger partial charge in [-0.3, -0.25) is 4.79 Å². The molecular formula is C17H13Cl2F3N6O. The van der Waals surface area contributed by atoms with Gasteiger partial charge >= 0.3 is 6.18 Å². The molecular weight excluding hydrogens is 432 g/mol. The normalized spacial score (nSPS) is 12.6. The van der Waals surface area contributed by atoms with Gasteiger partial charge in [-0.05, 0) is 37.3 Å². The molecule has 7 nitrogen and oxygen atoms in total. The Hall–Kier alpha value is -2.85. The summed E-state index contributed by atoms with van der Waals surface area (Å²) in [4.78, 5) is 20.7. The smallest absolute Gasteiger partial charge is 0.366 e. The number of carbonyl (C=O) groups excluding carboxylic acids is 1. The maximum absolute atomic E-state index is 13.0. The van der Waals surface area contributed by atoms with Gasteiger partial charge in [0.1, 0.15) is 0 Å². The molecule has 1 atom stereocenters. The molecule has 0 fully saturated rings. The van der Waals surface area contributed by atoms with Gasteiger partial charge in [0.25, 0.3) is 5.91 Å². The summed E-state index contributed by atoms with van der Waals surface area (Å²) in [7, 11) is 0. The van der Waals surface area contributed by atoms with Crippen LogP contribution in [0.3, 0.4) is 0 Å². The number of carbonyl (C=O) groups is 1. The van der Waals surface area contributed by atoms with E-state index in [9.17, 15) is 18.0 Å². The van der Waals surface area contributed by atoms with Gasteiger partial charge in [-0.2, -0.15) is 22.8 Å². The van der Waals surface area contributed by atoms with Crippen molar-refractivity contribution in [1.29, 1.82) is 0 Å². The standard InChI is InChI=1S/C17H13Cl2F3N6O/c1-8(14-26-16(23)27-28(14)13-3-2-11(18)7-24-13)25-15(29)9-4-10(17(20,21)22)6-12(19)5-9/h2-8H,1H3,(H2,23,27)(H,25,29)/t8-/m1/s1. The summed E-state index contributed by atoms with van der Waals surface area (Å²) in [5, 5.41) is 6.78. The lowest BCUT2D eigenvalue weighted by atomic mass is 10.1. The van der Waals surface area contributed by atoms with Gasteiger partial charge in [-0.1, -0.05) is 23.2 Å². The number of rotatable bonds is 4. The van der Waals surface area contributed by atoms with E-state index in [1.807, 2.05) is 0 Å². The van der Waals surface area contributed by atoms with Crippen molar-refractivity contribution >= 4 is 35.1 Å². The first-order valence-corrected chi connectivity index (χ1v) is 8.83. The summed E-state index contributed by atoms with van der Waals surface area (Å²) >= 11 is 11.6. The molecule has 0 aliphatic carbocycles. The number of nitrogens with one attached hydrogen (secondary N) is 1. The van der Waals surface area contributed by atoms with Crippen LogP contribution in [0.15, 0.2) is 36.5 Å². The molecule has 3 aromatic rings. The number of halogens is 5. The number of aromatic nitrogens is 4. The molecule has 0 aliphatic heterocycles. The maximum Gasteiger partial charge on any atom is 0.416 e. The van der Waals surface area contributed by atoms with Crippen LogP contribution in [0.25, 0.3) is 5.82 Å². The molecule has 3 N–H and O–H groups in total. The second-order valence-corrected chi connectivity index (χ2v) is 6.87. The van der Waals surface area contributed by atoms with Crippen molar-refractivity contribution in [2.75, 3.05) is 5.73 Å². The van der Waals surface area contributed by atoms with Crippen molar-refractivity contribution in [3.8, 4) is 5.82 Å². The summed E-state index contributed by atoms with van der Waals surface area (Å²) in [5.74, 6) is -0.275. The van der Waals surface area contributed by atoms with E-state index in [1.165, 1.54) is 10.9 Å². The summed E-state index contributed by atoms with van der Waals surface area (Å²) in [5.41, 5.74) is 4.38. The quantitative estimate of drug-likeness (QED) is 0.631. The fraction of sp³-hybridized carbons (Fsp3) is 0.176. The van der Waals surface area contributed by atoms with Crippen LogP contribution in [0.4, 0.5) is 19.1 Å². The number of nitrogen functional groups attached to an aromatic ring is 1. The van der Waals surface area contributed by atoms with E-state index in [4.69, 9.17) is 28.9 Å². The number of nitrogens with two attached hydrogens (primary N) is 1.